The van der Waals surface area contributed by atoms with Crippen LogP contribution in [0.5, 0.6) is 0 Å². The van der Waals surface area contributed by atoms with Crippen LogP contribution in [0.2, 0.25) is 0 Å². The SMILES string of the molecule is NS(=O)(=O)c1ccccc1N1CCN(c2ncnc3c2oc2ccccc23)CC1. The van der Waals surface area contributed by atoms with Crippen molar-refractivity contribution >= 4 is 43.6 Å². The second-order valence-corrected chi connectivity index (χ2v) is 8.49. The number of sulfonamides is 1. The first-order valence-electron chi connectivity index (χ1n) is 9.26. The molecule has 0 spiro atoms. The topological polar surface area (TPSA) is 106 Å². The third-order valence-corrected chi connectivity index (χ3v) is 6.19. The van der Waals surface area contributed by atoms with Gasteiger partial charge in [-0.2, -0.15) is 0 Å². The molecular weight excluding hydrogens is 390 g/mol. The summed E-state index contributed by atoms with van der Waals surface area (Å²) in [6.07, 6.45) is 1.56. The predicted octanol–water partition coefficient (Wildman–Crippen LogP) is 2.35. The van der Waals surface area contributed by atoms with Gasteiger partial charge in [0, 0.05) is 31.6 Å². The molecule has 1 aliphatic rings. The predicted molar refractivity (Wildman–Crippen MR) is 112 cm³/mol. The third kappa shape index (κ3) is 3.08. The highest BCUT2D eigenvalue weighted by atomic mass is 32.2. The van der Waals surface area contributed by atoms with E-state index >= 15 is 0 Å². The lowest BCUT2D eigenvalue weighted by Gasteiger charge is -2.37. The number of rotatable bonds is 3. The molecule has 4 aromatic rings. The van der Waals surface area contributed by atoms with Gasteiger partial charge in [0.25, 0.3) is 0 Å². The average Bonchev–Trinajstić information content (AvgIpc) is 3.12. The van der Waals surface area contributed by atoms with Crippen LogP contribution in [0.3, 0.4) is 0 Å². The van der Waals surface area contributed by atoms with E-state index in [2.05, 4.69) is 14.9 Å². The first-order chi connectivity index (χ1) is 14.0. The van der Waals surface area contributed by atoms with Gasteiger partial charge in [-0.15, -0.1) is 0 Å². The molecule has 29 heavy (non-hydrogen) atoms. The number of para-hydroxylation sites is 2. The molecular formula is C20H19N5O3S. The van der Waals surface area contributed by atoms with Crippen molar-refractivity contribution in [3.63, 3.8) is 0 Å². The zero-order valence-corrected chi connectivity index (χ0v) is 16.3. The second-order valence-electron chi connectivity index (χ2n) is 6.96. The van der Waals surface area contributed by atoms with Gasteiger partial charge in [-0.05, 0) is 24.3 Å². The van der Waals surface area contributed by atoms with Crippen LogP contribution in [0.15, 0.2) is 64.2 Å². The van der Waals surface area contributed by atoms with Crippen molar-refractivity contribution in [2.24, 2.45) is 5.14 Å². The molecule has 1 aliphatic heterocycles. The van der Waals surface area contributed by atoms with E-state index < -0.39 is 10.0 Å². The van der Waals surface area contributed by atoms with E-state index in [0.29, 0.717) is 37.4 Å². The van der Waals surface area contributed by atoms with Gasteiger partial charge in [0.2, 0.25) is 10.0 Å². The van der Waals surface area contributed by atoms with Crippen molar-refractivity contribution in [2.45, 2.75) is 4.90 Å². The molecule has 0 atom stereocenters. The molecule has 8 nitrogen and oxygen atoms in total. The summed E-state index contributed by atoms with van der Waals surface area (Å²) in [6, 6.07) is 14.6. The molecule has 2 aromatic carbocycles. The minimum absolute atomic E-state index is 0.148. The van der Waals surface area contributed by atoms with Gasteiger partial charge < -0.3 is 14.2 Å². The maximum atomic E-state index is 11.9. The van der Waals surface area contributed by atoms with Crippen molar-refractivity contribution in [2.75, 3.05) is 36.0 Å². The molecule has 9 heteroatoms. The second kappa shape index (κ2) is 6.71. The van der Waals surface area contributed by atoms with Crippen LogP contribution in [0.25, 0.3) is 22.1 Å². The number of anilines is 2. The summed E-state index contributed by atoms with van der Waals surface area (Å²) >= 11 is 0. The molecule has 0 bridgehead atoms. The summed E-state index contributed by atoms with van der Waals surface area (Å²) in [4.78, 5) is 13.2. The maximum absolute atomic E-state index is 11.9. The van der Waals surface area contributed by atoms with Crippen LogP contribution in [-0.2, 0) is 10.0 Å². The van der Waals surface area contributed by atoms with Gasteiger partial charge in [0.1, 0.15) is 22.3 Å². The van der Waals surface area contributed by atoms with E-state index in [-0.39, 0.29) is 4.90 Å². The lowest BCUT2D eigenvalue weighted by Crippen LogP contribution is -2.47. The highest BCUT2D eigenvalue weighted by Gasteiger charge is 2.25. The Hall–Kier alpha value is -3.17. The Bertz CT molecular complexity index is 1310. The molecule has 2 aromatic heterocycles. The number of furan rings is 1. The summed E-state index contributed by atoms with van der Waals surface area (Å²) in [6.45, 7) is 2.61. The summed E-state index contributed by atoms with van der Waals surface area (Å²) in [5, 5.41) is 6.35. The van der Waals surface area contributed by atoms with Crippen molar-refractivity contribution in [3.05, 3.63) is 54.9 Å². The summed E-state index contributed by atoms with van der Waals surface area (Å²) < 4.78 is 29.9. The number of aromatic nitrogens is 2. The zero-order chi connectivity index (χ0) is 20.0. The highest BCUT2D eigenvalue weighted by molar-refractivity contribution is 7.89. The van der Waals surface area contributed by atoms with Crippen molar-refractivity contribution < 1.29 is 12.8 Å². The molecule has 1 fully saturated rings. The van der Waals surface area contributed by atoms with Crippen molar-refractivity contribution in [1.82, 2.24) is 9.97 Å². The van der Waals surface area contributed by atoms with Crippen LogP contribution in [0.1, 0.15) is 0 Å². The molecule has 0 unspecified atom stereocenters. The summed E-state index contributed by atoms with van der Waals surface area (Å²) in [5.74, 6) is 0.755. The quantitative estimate of drug-likeness (QED) is 0.554. The fourth-order valence-electron chi connectivity index (χ4n) is 3.85. The number of fused-ring (bicyclic) bond motifs is 3. The standard InChI is InChI=1S/C20H19N5O3S/c21-29(26,27)17-8-4-2-6-15(17)24-9-11-25(12-10-24)20-19-18(22-13-23-20)14-5-1-3-7-16(14)28-19/h1-8,13H,9-12H2,(H2,21,26,27). The van der Waals surface area contributed by atoms with Gasteiger partial charge in [-0.3, -0.25) is 0 Å². The number of nitrogens with zero attached hydrogens (tertiary/aromatic N) is 4. The molecule has 0 saturated carbocycles. The molecule has 0 amide bonds. The van der Waals surface area contributed by atoms with E-state index in [4.69, 9.17) is 9.56 Å². The first kappa shape index (κ1) is 17.9. The van der Waals surface area contributed by atoms with Gasteiger partial charge in [0.05, 0.1) is 5.69 Å². The summed E-state index contributed by atoms with van der Waals surface area (Å²) in [7, 11) is -3.78. The normalized spacial score (nSPS) is 15.3. The lowest BCUT2D eigenvalue weighted by atomic mass is 10.2. The van der Waals surface area contributed by atoms with Crippen LogP contribution >= 0.6 is 0 Å². The fourth-order valence-corrected chi connectivity index (χ4v) is 4.61. The fraction of sp³-hybridized carbons (Fsp3) is 0.200. The monoisotopic (exact) mass is 409 g/mol. The maximum Gasteiger partial charge on any atom is 0.240 e. The van der Waals surface area contributed by atoms with Gasteiger partial charge >= 0.3 is 0 Å². The molecule has 0 radical (unpaired) electrons. The molecule has 5 rings (SSSR count). The minimum atomic E-state index is -3.78. The average molecular weight is 409 g/mol. The number of primary sulfonamides is 1. The van der Waals surface area contributed by atoms with E-state index in [1.54, 1.807) is 24.5 Å². The summed E-state index contributed by atoms with van der Waals surface area (Å²) in [5.41, 5.74) is 2.89. The van der Waals surface area contributed by atoms with Gasteiger partial charge in [-0.25, -0.2) is 23.5 Å². The van der Waals surface area contributed by atoms with Gasteiger partial charge in [-0.1, -0.05) is 24.3 Å². The van der Waals surface area contributed by atoms with Gasteiger partial charge in [0.15, 0.2) is 11.4 Å². The molecule has 1 saturated heterocycles. The number of hydrogen-bond donors (Lipinski definition) is 1. The van der Waals surface area contributed by atoms with E-state index in [1.807, 2.05) is 35.2 Å². The molecule has 3 heterocycles. The molecule has 2 N–H and O–H groups in total. The van der Waals surface area contributed by atoms with Crippen LogP contribution in [0.4, 0.5) is 11.5 Å². The number of benzene rings is 2. The Balaban J connectivity index is 1.45. The van der Waals surface area contributed by atoms with Crippen molar-refractivity contribution in [3.8, 4) is 0 Å². The highest BCUT2D eigenvalue weighted by Crippen LogP contribution is 2.33. The Kier molecular flexibility index (Phi) is 4.14. The van der Waals surface area contributed by atoms with Crippen molar-refractivity contribution in [1.29, 1.82) is 0 Å². The van der Waals surface area contributed by atoms with E-state index in [1.165, 1.54) is 0 Å². The Labute approximate surface area is 167 Å². The number of piperazine rings is 1. The van der Waals surface area contributed by atoms with Crippen LogP contribution in [-0.4, -0.2) is 44.6 Å². The van der Waals surface area contributed by atoms with E-state index in [0.717, 1.165) is 22.3 Å². The van der Waals surface area contributed by atoms with E-state index in [9.17, 15) is 8.42 Å². The number of hydrogen-bond acceptors (Lipinski definition) is 7. The smallest absolute Gasteiger partial charge is 0.240 e. The molecule has 0 aliphatic carbocycles. The number of nitrogens with two attached hydrogens (primary N) is 1. The third-order valence-electron chi connectivity index (χ3n) is 5.23. The van der Waals surface area contributed by atoms with Crippen LogP contribution in [0, 0.1) is 0 Å². The zero-order valence-electron chi connectivity index (χ0n) is 15.5. The Morgan fingerprint density at radius 1 is 0.897 bits per heavy atom. The minimum Gasteiger partial charge on any atom is -0.450 e. The Morgan fingerprint density at radius 3 is 2.38 bits per heavy atom. The molecule has 148 valence electrons. The van der Waals surface area contributed by atoms with Crippen LogP contribution < -0.4 is 14.9 Å². The largest absolute Gasteiger partial charge is 0.450 e. The Morgan fingerprint density at radius 2 is 1.59 bits per heavy atom. The first-order valence-corrected chi connectivity index (χ1v) is 10.8. The lowest BCUT2D eigenvalue weighted by molar-refractivity contribution is 0.595.